The summed E-state index contributed by atoms with van der Waals surface area (Å²) in [5.74, 6) is -0.622. The number of carbonyl (C=O) groups is 1. The molecule has 3 N–H and O–H groups in total. The van der Waals surface area contributed by atoms with Gasteiger partial charge in [-0.2, -0.15) is 14.1 Å². The van der Waals surface area contributed by atoms with Gasteiger partial charge in [-0.25, -0.2) is 9.78 Å². The number of hydrogen-bond donors (Lipinski definition) is 2. The average Bonchev–Trinajstić information content (AvgIpc) is 3.64. The molecule has 0 fully saturated rings. The number of H-pyrrole nitrogens is 1. The Morgan fingerprint density at radius 2 is 2.05 bits per heavy atom. The Balaban J connectivity index is 1.34. The van der Waals surface area contributed by atoms with Crippen LogP contribution in [0.3, 0.4) is 0 Å². The van der Waals surface area contributed by atoms with Crippen molar-refractivity contribution < 1.29 is 13.9 Å². The molecule has 0 spiro atoms. The molecular formula is C24H17ClFN9O3. The quantitative estimate of drug-likeness (QED) is 0.326. The van der Waals surface area contributed by atoms with Crippen molar-refractivity contribution in [3.63, 3.8) is 0 Å². The van der Waals surface area contributed by atoms with Gasteiger partial charge in [0, 0.05) is 28.4 Å². The van der Waals surface area contributed by atoms with Crippen molar-refractivity contribution >= 4 is 17.7 Å². The molecule has 5 heterocycles. The van der Waals surface area contributed by atoms with Gasteiger partial charge in [-0.15, -0.1) is 5.10 Å². The van der Waals surface area contributed by atoms with Crippen molar-refractivity contribution in [2.45, 2.75) is 18.9 Å². The van der Waals surface area contributed by atoms with Crippen LogP contribution in [0, 0.1) is 5.95 Å². The van der Waals surface area contributed by atoms with Crippen LogP contribution in [0.5, 0.6) is 5.88 Å². The highest BCUT2D eigenvalue weighted by Crippen LogP contribution is 2.34. The molecule has 1 atom stereocenters. The molecule has 14 heteroatoms. The summed E-state index contributed by atoms with van der Waals surface area (Å²) in [6, 6.07) is 11.1. The lowest BCUT2D eigenvalue weighted by molar-refractivity contribution is 0.208. The maximum atomic E-state index is 14.6. The average molecular weight is 534 g/mol. The van der Waals surface area contributed by atoms with Gasteiger partial charge in [0.15, 0.2) is 0 Å². The molecule has 0 bridgehead atoms. The highest BCUT2D eigenvalue weighted by Gasteiger charge is 2.28. The van der Waals surface area contributed by atoms with E-state index in [1.165, 1.54) is 35.4 Å². The molecule has 5 aromatic rings. The van der Waals surface area contributed by atoms with Crippen LogP contribution in [-0.2, 0) is 6.42 Å². The fourth-order valence-electron chi connectivity index (χ4n) is 4.64. The fraction of sp³-hybridized carbons (Fsp3) is 0.125. The maximum absolute atomic E-state index is 14.6. The molecule has 1 aliphatic rings. The number of ether oxygens (including phenoxy) is 1. The van der Waals surface area contributed by atoms with Crippen LogP contribution in [0.15, 0.2) is 59.8 Å². The smallest absolute Gasteiger partial charge is 0.391 e. The van der Waals surface area contributed by atoms with Gasteiger partial charge >= 0.3 is 6.09 Å². The molecule has 0 unspecified atom stereocenters. The number of aromatic nitrogens is 8. The van der Waals surface area contributed by atoms with E-state index in [0.717, 1.165) is 5.69 Å². The molecule has 1 aromatic carbocycles. The first kappa shape index (κ1) is 23.5. The van der Waals surface area contributed by atoms with Crippen LogP contribution in [-0.4, -0.2) is 45.8 Å². The number of imidazole rings is 1. The SMILES string of the molecule is NC(=O)Oc1ccc(-c2cnc([C@@H]3CCc4cc(-c5cc(Cl)ccc5-n5cnnn5)cc(=O)n43)[nH]2)c(F)n1. The highest BCUT2D eigenvalue weighted by molar-refractivity contribution is 6.31. The van der Waals surface area contributed by atoms with E-state index in [1.54, 1.807) is 22.8 Å². The second-order valence-electron chi connectivity index (χ2n) is 8.51. The zero-order valence-corrected chi connectivity index (χ0v) is 20.1. The lowest BCUT2D eigenvalue weighted by Gasteiger charge is -2.15. The summed E-state index contributed by atoms with van der Waals surface area (Å²) in [4.78, 5) is 35.3. The number of nitrogens with two attached hydrogens (primary N) is 1. The highest BCUT2D eigenvalue weighted by atomic mass is 35.5. The molecule has 1 amide bonds. The first-order valence-electron chi connectivity index (χ1n) is 11.4. The summed E-state index contributed by atoms with van der Waals surface area (Å²) in [5, 5.41) is 11.8. The second-order valence-corrected chi connectivity index (χ2v) is 8.94. The molecule has 190 valence electrons. The number of fused-ring (bicyclic) bond motifs is 1. The first-order valence-corrected chi connectivity index (χ1v) is 11.7. The van der Waals surface area contributed by atoms with Gasteiger partial charge in [0.1, 0.15) is 12.2 Å². The minimum absolute atomic E-state index is 0.123. The van der Waals surface area contributed by atoms with Crippen LogP contribution in [0.2, 0.25) is 5.02 Å². The van der Waals surface area contributed by atoms with Gasteiger partial charge in [0.25, 0.3) is 5.56 Å². The topological polar surface area (TPSA) is 159 Å². The third-order valence-corrected chi connectivity index (χ3v) is 6.46. The van der Waals surface area contributed by atoms with Crippen LogP contribution in [0.1, 0.15) is 24.0 Å². The number of halogens is 2. The number of aryl methyl sites for hydroxylation is 1. The van der Waals surface area contributed by atoms with Crippen LogP contribution < -0.4 is 16.0 Å². The third kappa shape index (κ3) is 4.18. The zero-order chi connectivity index (χ0) is 26.4. The molecule has 6 rings (SSSR count). The Kier molecular flexibility index (Phi) is 5.68. The van der Waals surface area contributed by atoms with E-state index in [1.807, 2.05) is 6.07 Å². The van der Waals surface area contributed by atoms with E-state index < -0.39 is 12.0 Å². The summed E-state index contributed by atoms with van der Waals surface area (Å²) < 4.78 is 22.4. The Bertz CT molecular complexity index is 1750. The van der Waals surface area contributed by atoms with Crippen LogP contribution in [0.4, 0.5) is 9.18 Å². The van der Waals surface area contributed by atoms with E-state index in [2.05, 4.69) is 35.2 Å². The summed E-state index contributed by atoms with van der Waals surface area (Å²) in [6.45, 7) is 0. The van der Waals surface area contributed by atoms with Crippen molar-refractivity contribution in [2.24, 2.45) is 5.73 Å². The summed E-state index contributed by atoms with van der Waals surface area (Å²) in [6.07, 6.45) is 3.08. The number of amides is 1. The van der Waals surface area contributed by atoms with Gasteiger partial charge in [-0.05, 0) is 59.2 Å². The predicted molar refractivity (Wildman–Crippen MR) is 132 cm³/mol. The second kappa shape index (κ2) is 9.19. The van der Waals surface area contributed by atoms with Crippen molar-refractivity contribution in [1.82, 2.24) is 39.7 Å². The van der Waals surface area contributed by atoms with Gasteiger partial charge in [0.2, 0.25) is 11.8 Å². The summed E-state index contributed by atoms with van der Waals surface area (Å²) in [7, 11) is 0. The first-order chi connectivity index (χ1) is 18.4. The van der Waals surface area contributed by atoms with Crippen LogP contribution >= 0.6 is 11.6 Å². The number of nitrogens with zero attached hydrogens (tertiary/aromatic N) is 7. The number of carbonyl (C=O) groups excluding carboxylic acids is 1. The number of tetrazole rings is 1. The standard InChI is InChI=1S/C24H17ClFN9O3/c25-13-1-4-18(34-11-29-32-33-34)16(9-13)12-7-14-2-5-19(35(14)21(36)8-12)23-28-10-17(30-23)15-3-6-20(31-22(15)26)38-24(27)37/h1,3-4,6-11,19H,2,5H2,(H2,27,37)(H,28,30)/t19-/m0/s1. The zero-order valence-electron chi connectivity index (χ0n) is 19.4. The molecule has 0 saturated heterocycles. The predicted octanol–water partition coefficient (Wildman–Crippen LogP) is 3.06. The Morgan fingerprint density at radius 1 is 1.18 bits per heavy atom. The largest absolute Gasteiger partial charge is 0.411 e. The monoisotopic (exact) mass is 533 g/mol. The van der Waals surface area contributed by atoms with E-state index in [4.69, 9.17) is 17.3 Å². The van der Waals surface area contributed by atoms with Crippen LogP contribution in [0.25, 0.3) is 28.1 Å². The van der Waals surface area contributed by atoms with Gasteiger partial charge in [0.05, 0.1) is 29.2 Å². The molecule has 0 radical (unpaired) electrons. The van der Waals surface area contributed by atoms with Crippen molar-refractivity contribution in [1.29, 1.82) is 0 Å². The van der Waals surface area contributed by atoms with E-state index in [0.29, 0.717) is 46.2 Å². The van der Waals surface area contributed by atoms with Gasteiger partial charge < -0.3 is 20.0 Å². The molecular weight excluding hydrogens is 517 g/mol. The van der Waals surface area contributed by atoms with Gasteiger partial charge in [-0.3, -0.25) is 4.79 Å². The van der Waals surface area contributed by atoms with E-state index in [-0.39, 0.29) is 23.0 Å². The molecule has 4 aromatic heterocycles. The molecule has 1 aliphatic heterocycles. The Labute approximate surface area is 217 Å². The number of rotatable bonds is 5. The fourth-order valence-corrected chi connectivity index (χ4v) is 4.81. The number of nitrogens with one attached hydrogen (secondary N) is 1. The van der Waals surface area contributed by atoms with Crippen molar-refractivity contribution in [3.8, 4) is 34.0 Å². The lowest BCUT2D eigenvalue weighted by Crippen LogP contribution is -2.23. The summed E-state index contributed by atoms with van der Waals surface area (Å²) >= 11 is 6.27. The minimum atomic E-state index is -1.09. The van der Waals surface area contributed by atoms with Gasteiger partial charge in [-0.1, -0.05) is 11.6 Å². The van der Waals surface area contributed by atoms with E-state index in [9.17, 15) is 14.0 Å². The normalized spacial score (nSPS) is 14.4. The maximum Gasteiger partial charge on any atom is 0.411 e. The number of hydrogen-bond acceptors (Lipinski definition) is 8. The Hall–Kier alpha value is -4.91. The van der Waals surface area contributed by atoms with E-state index >= 15 is 0 Å². The number of pyridine rings is 2. The molecule has 0 saturated carbocycles. The molecule has 12 nitrogen and oxygen atoms in total. The third-order valence-electron chi connectivity index (χ3n) is 6.23. The Morgan fingerprint density at radius 3 is 2.82 bits per heavy atom. The number of aromatic amines is 1. The summed E-state index contributed by atoms with van der Waals surface area (Å²) in [5.41, 5.74) is 8.09. The lowest BCUT2D eigenvalue weighted by atomic mass is 10.0. The molecule has 38 heavy (non-hydrogen) atoms. The van der Waals surface area contributed by atoms with Crippen molar-refractivity contribution in [2.75, 3.05) is 0 Å². The minimum Gasteiger partial charge on any atom is -0.391 e. The molecule has 0 aliphatic carbocycles. The number of primary amides is 1. The van der Waals surface area contributed by atoms with Crippen molar-refractivity contribution in [3.05, 3.63) is 87.8 Å². The number of benzene rings is 1.